The van der Waals surface area contributed by atoms with E-state index in [1.807, 2.05) is 36.5 Å². The molecule has 0 spiro atoms. The van der Waals surface area contributed by atoms with E-state index in [0.717, 1.165) is 11.1 Å². The van der Waals surface area contributed by atoms with E-state index in [2.05, 4.69) is 11.1 Å². The lowest BCUT2D eigenvalue weighted by Crippen LogP contribution is -2.09. The molecule has 0 fully saturated rings. The molecule has 0 aliphatic rings. The zero-order chi connectivity index (χ0) is 18.5. The summed E-state index contributed by atoms with van der Waals surface area (Å²) in [6, 6.07) is 13.4. The van der Waals surface area contributed by atoms with Crippen LogP contribution < -0.4 is 4.74 Å². The molecular weight excluding hydrogens is 330 g/mol. The molecule has 6 nitrogen and oxygen atoms in total. The number of benzene rings is 1. The molecule has 3 rings (SSSR count). The molecule has 1 aromatic carbocycles. The van der Waals surface area contributed by atoms with Crippen LogP contribution in [0.2, 0.25) is 0 Å². The SMILES string of the molecule is CCOC(=O)c1cc(-n2cc(C#N)c(-c3ccccc3)c2)ncc1OC. The number of nitrogens with zero attached hydrogens (tertiary/aromatic N) is 3. The van der Waals surface area contributed by atoms with E-state index in [1.54, 1.807) is 23.8 Å². The molecule has 0 amide bonds. The number of ether oxygens (including phenoxy) is 2. The van der Waals surface area contributed by atoms with Gasteiger partial charge in [0.05, 0.1) is 25.5 Å². The van der Waals surface area contributed by atoms with Gasteiger partial charge in [-0.2, -0.15) is 5.26 Å². The van der Waals surface area contributed by atoms with Gasteiger partial charge in [-0.25, -0.2) is 9.78 Å². The third-order valence-electron chi connectivity index (χ3n) is 3.86. The van der Waals surface area contributed by atoms with E-state index < -0.39 is 5.97 Å². The van der Waals surface area contributed by atoms with Crippen molar-refractivity contribution in [1.82, 2.24) is 9.55 Å². The highest BCUT2D eigenvalue weighted by molar-refractivity contribution is 5.92. The second-order valence-corrected chi connectivity index (χ2v) is 5.43. The first-order valence-electron chi connectivity index (χ1n) is 8.07. The van der Waals surface area contributed by atoms with Crippen molar-refractivity contribution >= 4 is 5.97 Å². The summed E-state index contributed by atoms with van der Waals surface area (Å²) in [5.41, 5.74) is 2.53. The van der Waals surface area contributed by atoms with E-state index >= 15 is 0 Å². The van der Waals surface area contributed by atoms with Crippen LogP contribution in [0.4, 0.5) is 0 Å². The van der Waals surface area contributed by atoms with Crippen LogP contribution >= 0.6 is 0 Å². The van der Waals surface area contributed by atoms with Crippen molar-refractivity contribution in [2.75, 3.05) is 13.7 Å². The predicted molar refractivity (Wildman–Crippen MR) is 96.2 cm³/mol. The largest absolute Gasteiger partial charge is 0.494 e. The summed E-state index contributed by atoms with van der Waals surface area (Å²) < 4.78 is 12.0. The Hall–Kier alpha value is -3.59. The highest BCUT2D eigenvalue weighted by Gasteiger charge is 2.17. The highest BCUT2D eigenvalue weighted by atomic mass is 16.5. The number of carbonyl (C=O) groups excluding carboxylic acids is 1. The van der Waals surface area contributed by atoms with Gasteiger partial charge in [-0.3, -0.25) is 0 Å². The summed E-state index contributed by atoms with van der Waals surface area (Å²) in [6.45, 7) is 2.00. The lowest BCUT2D eigenvalue weighted by atomic mass is 10.1. The maximum Gasteiger partial charge on any atom is 0.342 e. The Morgan fingerprint density at radius 2 is 2.04 bits per heavy atom. The molecule has 0 unspecified atom stereocenters. The van der Waals surface area contributed by atoms with E-state index in [4.69, 9.17) is 9.47 Å². The molecule has 0 N–H and O–H groups in total. The number of nitriles is 1. The van der Waals surface area contributed by atoms with Crippen LogP contribution in [0.25, 0.3) is 16.9 Å². The van der Waals surface area contributed by atoms with Crippen molar-refractivity contribution in [2.24, 2.45) is 0 Å². The fraction of sp³-hybridized carbons (Fsp3) is 0.150. The summed E-state index contributed by atoms with van der Waals surface area (Å²) in [5, 5.41) is 9.46. The van der Waals surface area contributed by atoms with Crippen molar-refractivity contribution in [1.29, 1.82) is 5.26 Å². The molecule has 26 heavy (non-hydrogen) atoms. The fourth-order valence-electron chi connectivity index (χ4n) is 2.63. The van der Waals surface area contributed by atoms with Crippen LogP contribution in [0.1, 0.15) is 22.8 Å². The third kappa shape index (κ3) is 3.28. The van der Waals surface area contributed by atoms with Crippen LogP contribution in [-0.2, 0) is 4.74 Å². The minimum atomic E-state index is -0.482. The van der Waals surface area contributed by atoms with Gasteiger partial charge in [-0.15, -0.1) is 0 Å². The van der Waals surface area contributed by atoms with Gasteiger partial charge in [0.1, 0.15) is 17.5 Å². The molecule has 0 radical (unpaired) electrons. The Bertz CT molecular complexity index is 972. The summed E-state index contributed by atoms with van der Waals surface area (Å²) >= 11 is 0. The van der Waals surface area contributed by atoms with Gasteiger partial charge in [0.15, 0.2) is 5.75 Å². The van der Waals surface area contributed by atoms with Crippen LogP contribution in [0.15, 0.2) is 55.0 Å². The van der Waals surface area contributed by atoms with Gasteiger partial charge >= 0.3 is 5.97 Å². The number of pyridine rings is 1. The number of rotatable bonds is 5. The van der Waals surface area contributed by atoms with Gasteiger partial charge in [-0.05, 0) is 18.6 Å². The topological polar surface area (TPSA) is 77.1 Å². The second-order valence-electron chi connectivity index (χ2n) is 5.43. The Kier molecular flexibility index (Phi) is 4.99. The van der Waals surface area contributed by atoms with Crippen molar-refractivity contribution in [2.45, 2.75) is 6.92 Å². The lowest BCUT2D eigenvalue weighted by molar-refractivity contribution is 0.0522. The van der Waals surface area contributed by atoms with Crippen molar-refractivity contribution in [3.8, 4) is 28.8 Å². The minimum Gasteiger partial charge on any atom is -0.494 e. The second kappa shape index (κ2) is 7.53. The normalized spacial score (nSPS) is 10.2. The average molecular weight is 347 g/mol. The number of aromatic nitrogens is 2. The van der Waals surface area contributed by atoms with Crippen molar-refractivity contribution in [3.63, 3.8) is 0 Å². The lowest BCUT2D eigenvalue weighted by Gasteiger charge is -2.09. The summed E-state index contributed by atoms with van der Waals surface area (Å²) in [6.07, 6.45) is 4.97. The quantitative estimate of drug-likeness (QED) is 0.659. The van der Waals surface area contributed by atoms with Crippen molar-refractivity contribution in [3.05, 3.63) is 66.1 Å². The summed E-state index contributed by atoms with van der Waals surface area (Å²) in [7, 11) is 1.47. The zero-order valence-electron chi connectivity index (χ0n) is 14.5. The van der Waals surface area contributed by atoms with E-state index in [0.29, 0.717) is 17.1 Å². The molecule has 6 heteroatoms. The van der Waals surface area contributed by atoms with E-state index in [1.165, 1.54) is 13.3 Å². The first-order valence-corrected chi connectivity index (χ1v) is 8.07. The maximum atomic E-state index is 12.2. The summed E-state index contributed by atoms with van der Waals surface area (Å²) in [4.78, 5) is 16.5. The van der Waals surface area contributed by atoms with Gasteiger partial charge in [0, 0.05) is 18.0 Å². The zero-order valence-corrected chi connectivity index (χ0v) is 14.5. The minimum absolute atomic E-state index is 0.264. The van der Waals surface area contributed by atoms with Crippen LogP contribution in [0.3, 0.4) is 0 Å². The molecule has 3 aromatic rings. The summed E-state index contributed by atoms with van der Waals surface area (Å²) in [5.74, 6) is 0.347. The molecule has 0 saturated heterocycles. The van der Waals surface area contributed by atoms with Gasteiger partial charge < -0.3 is 14.0 Å². The molecule has 0 saturated carbocycles. The Morgan fingerprint density at radius 3 is 2.69 bits per heavy atom. The molecule has 2 heterocycles. The number of hydrogen-bond donors (Lipinski definition) is 0. The first-order chi connectivity index (χ1) is 12.7. The van der Waals surface area contributed by atoms with Gasteiger partial charge in [-0.1, -0.05) is 30.3 Å². The standard InChI is InChI=1S/C20H17N3O3/c1-3-26-20(24)16-9-19(22-11-18(16)25-2)23-12-15(10-21)17(13-23)14-7-5-4-6-8-14/h4-9,11-13H,3H2,1-2H3. The Morgan fingerprint density at radius 1 is 1.27 bits per heavy atom. The molecule has 0 aliphatic carbocycles. The van der Waals surface area contributed by atoms with Crippen LogP contribution in [0.5, 0.6) is 5.75 Å². The monoisotopic (exact) mass is 347 g/mol. The number of methoxy groups -OCH3 is 1. The number of esters is 1. The van der Waals surface area contributed by atoms with Crippen LogP contribution in [-0.4, -0.2) is 29.2 Å². The van der Waals surface area contributed by atoms with Crippen molar-refractivity contribution < 1.29 is 14.3 Å². The molecule has 0 atom stereocenters. The van der Waals surface area contributed by atoms with Crippen LogP contribution in [0, 0.1) is 11.3 Å². The molecule has 0 aliphatic heterocycles. The van der Waals surface area contributed by atoms with E-state index in [9.17, 15) is 10.1 Å². The number of carbonyl (C=O) groups is 1. The fourth-order valence-corrected chi connectivity index (χ4v) is 2.63. The molecule has 130 valence electrons. The predicted octanol–water partition coefficient (Wildman–Crippen LogP) is 3.60. The Labute approximate surface area is 151 Å². The Balaban J connectivity index is 2.07. The average Bonchev–Trinajstić information content (AvgIpc) is 3.13. The number of hydrogen-bond acceptors (Lipinski definition) is 5. The maximum absolute atomic E-state index is 12.2. The van der Waals surface area contributed by atoms with Gasteiger partial charge in [0.25, 0.3) is 0 Å². The smallest absolute Gasteiger partial charge is 0.342 e. The molecule has 0 bridgehead atoms. The van der Waals surface area contributed by atoms with Gasteiger partial charge in [0.2, 0.25) is 0 Å². The molecule has 2 aromatic heterocycles. The first kappa shape index (κ1) is 17.2. The highest BCUT2D eigenvalue weighted by Crippen LogP contribution is 2.27. The third-order valence-corrected chi connectivity index (χ3v) is 3.86. The van der Waals surface area contributed by atoms with E-state index in [-0.39, 0.29) is 12.2 Å². The molecular formula is C20H17N3O3.